The third-order valence-electron chi connectivity index (χ3n) is 5.19. The molecule has 3 heterocycles. The first kappa shape index (κ1) is 17.1. The van der Waals surface area contributed by atoms with Gasteiger partial charge in [0.05, 0.1) is 12.6 Å². The lowest BCUT2D eigenvalue weighted by Crippen LogP contribution is -2.46. The van der Waals surface area contributed by atoms with Crippen LogP contribution in [0.1, 0.15) is 35.7 Å². The molecule has 3 amide bonds. The summed E-state index contributed by atoms with van der Waals surface area (Å²) < 4.78 is 0. The van der Waals surface area contributed by atoms with Crippen LogP contribution < -0.4 is 10.2 Å². The molecule has 2 aromatic rings. The second-order valence-corrected chi connectivity index (χ2v) is 7.78. The van der Waals surface area contributed by atoms with Crippen LogP contribution in [0.5, 0.6) is 0 Å². The molecule has 1 saturated heterocycles. The van der Waals surface area contributed by atoms with Crippen LogP contribution in [0.4, 0.5) is 10.5 Å². The van der Waals surface area contributed by atoms with E-state index >= 15 is 0 Å². The van der Waals surface area contributed by atoms with Gasteiger partial charge in [-0.05, 0) is 48.8 Å². The van der Waals surface area contributed by atoms with Crippen LogP contribution >= 0.6 is 11.3 Å². The predicted molar refractivity (Wildman–Crippen MR) is 104 cm³/mol. The average Bonchev–Trinajstić information content (AvgIpc) is 3.36. The zero-order valence-electron chi connectivity index (χ0n) is 14.7. The maximum atomic E-state index is 12.7. The highest BCUT2D eigenvalue weighted by atomic mass is 32.1. The number of benzene rings is 1. The Labute approximate surface area is 157 Å². The summed E-state index contributed by atoms with van der Waals surface area (Å²) in [6.07, 6.45) is 3.96. The van der Waals surface area contributed by atoms with Gasteiger partial charge in [0, 0.05) is 23.7 Å². The van der Waals surface area contributed by atoms with E-state index in [0.717, 1.165) is 37.9 Å². The van der Waals surface area contributed by atoms with E-state index < -0.39 is 0 Å². The fourth-order valence-electron chi connectivity index (χ4n) is 3.93. The lowest BCUT2D eigenvalue weighted by molar-refractivity contribution is -0.117. The molecular weight excluding hydrogens is 346 g/mol. The summed E-state index contributed by atoms with van der Waals surface area (Å²) in [5.74, 6) is -0.0441. The van der Waals surface area contributed by atoms with Crippen LogP contribution in [0.15, 0.2) is 41.8 Å². The van der Waals surface area contributed by atoms with Gasteiger partial charge < -0.3 is 15.1 Å². The van der Waals surface area contributed by atoms with Crippen molar-refractivity contribution in [3.8, 4) is 0 Å². The number of likely N-dealkylation sites (tertiary alicyclic amines) is 1. The van der Waals surface area contributed by atoms with Crippen LogP contribution in [-0.2, 0) is 11.2 Å². The Morgan fingerprint density at radius 1 is 1.12 bits per heavy atom. The first-order chi connectivity index (χ1) is 12.7. The van der Waals surface area contributed by atoms with Crippen LogP contribution in [0.2, 0.25) is 0 Å². The number of aryl methyl sites for hydroxylation is 1. The monoisotopic (exact) mass is 369 g/mol. The lowest BCUT2D eigenvalue weighted by Gasteiger charge is -2.30. The quantitative estimate of drug-likeness (QED) is 0.899. The maximum absolute atomic E-state index is 12.7. The minimum atomic E-state index is -0.139. The van der Waals surface area contributed by atoms with Crippen LogP contribution in [-0.4, -0.2) is 36.5 Å². The molecule has 0 saturated carbocycles. The van der Waals surface area contributed by atoms with Crippen molar-refractivity contribution in [1.82, 2.24) is 10.2 Å². The van der Waals surface area contributed by atoms with Crippen LogP contribution in [0.3, 0.4) is 0 Å². The Morgan fingerprint density at radius 2 is 2.00 bits per heavy atom. The first-order valence-corrected chi connectivity index (χ1v) is 10.1. The van der Waals surface area contributed by atoms with Crippen molar-refractivity contribution in [1.29, 1.82) is 0 Å². The Balaban J connectivity index is 1.38. The number of para-hydroxylation sites is 1. The molecule has 1 atom stereocenters. The fourth-order valence-corrected chi connectivity index (χ4v) is 4.80. The number of carbonyl (C=O) groups excluding carboxylic acids is 2. The molecule has 0 radical (unpaired) electrons. The van der Waals surface area contributed by atoms with Gasteiger partial charge in [0.25, 0.3) is 0 Å². The van der Waals surface area contributed by atoms with Gasteiger partial charge in [-0.3, -0.25) is 4.79 Å². The van der Waals surface area contributed by atoms with Crippen molar-refractivity contribution in [2.45, 2.75) is 31.7 Å². The van der Waals surface area contributed by atoms with Gasteiger partial charge in [-0.2, -0.15) is 0 Å². The number of amides is 3. The van der Waals surface area contributed by atoms with Gasteiger partial charge in [-0.15, -0.1) is 11.3 Å². The Morgan fingerprint density at radius 3 is 2.85 bits per heavy atom. The van der Waals surface area contributed by atoms with Gasteiger partial charge in [0.1, 0.15) is 0 Å². The van der Waals surface area contributed by atoms with E-state index in [4.69, 9.17) is 0 Å². The molecule has 5 nitrogen and oxygen atoms in total. The zero-order valence-corrected chi connectivity index (χ0v) is 15.5. The van der Waals surface area contributed by atoms with Gasteiger partial charge in [0.2, 0.25) is 5.91 Å². The van der Waals surface area contributed by atoms with Crippen molar-refractivity contribution in [3.05, 3.63) is 52.2 Å². The van der Waals surface area contributed by atoms with E-state index in [-0.39, 0.29) is 24.5 Å². The Kier molecular flexibility index (Phi) is 4.93. The number of carbonyl (C=O) groups is 2. The number of urea groups is 1. The fraction of sp³-hybridized carbons (Fsp3) is 0.400. The smallest absolute Gasteiger partial charge is 0.318 e. The van der Waals surface area contributed by atoms with Gasteiger partial charge >= 0.3 is 6.03 Å². The van der Waals surface area contributed by atoms with E-state index in [2.05, 4.69) is 17.4 Å². The molecule has 1 aromatic carbocycles. The molecule has 1 aromatic heterocycles. The molecule has 0 aliphatic carbocycles. The molecule has 2 aliphatic rings. The summed E-state index contributed by atoms with van der Waals surface area (Å²) in [5.41, 5.74) is 2.19. The third kappa shape index (κ3) is 3.33. The Bertz CT molecular complexity index is 790. The second kappa shape index (κ2) is 7.50. The molecule has 136 valence electrons. The molecule has 4 rings (SSSR count). The summed E-state index contributed by atoms with van der Waals surface area (Å²) in [6, 6.07) is 12.1. The van der Waals surface area contributed by atoms with Crippen molar-refractivity contribution < 1.29 is 9.59 Å². The van der Waals surface area contributed by atoms with Crippen LogP contribution in [0.25, 0.3) is 0 Å². The average molecular weight is 369 g/mol. The summed E-state index contributed by atoms with van der Waals surface area (Å²) >= 11 is 1.68. The number of thiophene rings is 1. The molecule has 1 fully saturated rings. The molecule has 1 N–H and O–H groups in total. The van der Waals surface area contributed by atoms with Gasteiger partial charge in [0.15, 0.2) is 0 Å². The zero-order chi connectivity index (χ0) is 17.9. The molecule has 0 spiro atoms. The first-order valence-electron chi connectivity index (χ1n) is 9.20. The maximum Gasteiger partial charge on any atom is 0.318 e. The van der Waals surface area contributed by atoms with E-state index in [1.54, 1.807) is 16.2 Å². The number of fused-ring (bicyclic) bond motifs is 1. The minimum absolute atomic E-state index is 0.0425. The Hall–Kier alpha value is -2.34. The topological polar surface area (TPSA) is 52.7 Å². The number of hydrogen-bond donors (Lipinski definition) is 1. The highest BCUT2D eigenvalue weighted by Gasteiger charge is 2.31. The summed E-state index contributed by atoms with van der Waals surface area (Å²) in [7, 11) is 0. The number of anilines is 1. The summed E-state index contributed by atoms with van der Waals surface area (Å²) in [4.78, 5) is 30.2. The highest BCUT2D eigenvalue weighted by molar-refractivity contribution is 7.10. The number of nitrogens with zero attached hydrogens (tertiary/aromatic N) is 2. The van der Waals surface area contributed by atoms with Crippen molar-refractivity contribution >= 4 is 29.0 Å². The van der Waals surface area contributed by atoms with Crippen molar-refractivity contribution in [2.75, 3.05) is 24.5 Å². The molecular formula is C20H23N3O2S. The summed E-state index contributed by atoms with van der Waals surface area (Å²) in [6.45, 7) is 1.50. The minimum Gasteiger partial charge on any atom is -0.329 e. The van der Waals surface area contributed by atoms with Crippen molar-refractivity contribution in [2.24, 2.45) is 0 Å². The van der Waals surface area contributed by atoms with E-state index in [1.807, 2.05) is 34.5 Å². The van der Waals surface area contributed by atoms with E-state index in [0.29, 0.717) is 6.54 Å². The number of rotatable bonds is 3. The second-order valence-electron chi connectivity index (χ2n) is 6.80. The molecule has 26 heavy (non-hydrogen) atoms. The van der Waals surface area contributed by atoms with Gasteiger partial charge in [-0.1, -0.05) is 24.3 Å². The largest absolute Gasteiger partial charge is 0.329 e. The molecule has 6 heteroatoms. The lowest BCUT2D eigenvalue weighted by atomic mass is 10.0. The van der Waals surface area contributed by atoms with Crippen LogP contribution in [0, 0.1) is 0 Å². The van der Waals surface area contributed by atoms with E-state index in [9.17, 15) is 9.59 Å². The highest BCUT2D eigenvalue weighted by Crippen LogP contribution is 2.34. The number of nitrogens with one attached hydrogen (secondary N) is 1. The van der Waals surface area contributed by atoms with Gasteiger partial charge in [-0.25, -0.2) is 4.79 Å². The summed E-state index contributed by atoms with van der Waals surface area (Å²) in [5, 5.41) is 4.89. The third-order valence-corrected chi connectivity index (χ3v) is 6.16. The standard InChI is InChI=1S/C20H23N3O2S/c24-19(22-11-3-7-15-6-1-2-8-16(15)22)14-21-20(25)23-12-4-9-17(23)18-10-5-13-26-18/h1-2,5-6,8,10,13,17H,3-4,7,9,11-12,14H2,(H,21,25). The SMILES string of the molecule is O=C(CNC(=O)N1CCCC1c1cccs1)N1CCCc2ccccc21. The number of hydrogen-bond acceptors (Lipinski definition) is 3. The van der Waals surface area contributed by atoms with Crippen molar-refractivity contribution in [3.63, 3.8) is 0 Å². The van der Waals surface area contributed by atoms with E-state index in [1.165, 1.54) is 10.4 Å². The predicted octanol–water partition coefficient (Wildman–Crippen LogP) is 3.57. The molecule has 1 unspecified atom stereocenters. The molecule has 0 bridgehead atoms. The molecule has 2 aliphatic heterocycles. The normalized spacial score (nSPS) is 19.3.